The van der Waals surface area contributed by atoms with Gasteiger partial charge in [-0.05, 0) is 50.0 Å². The normalized spacial score (nSPS) is 30.8. The van der Waals surface area contributed by atoms with Gasteiger partial charge < -0.3 is 20.6 Å². The molecule has 2 heterocycles. The molecule has 33 heavy (non-hydrogen) atoms. The van der Waals surface area contributed by atoms with E-state index in [9.17, 15) is 15.1 Å². The highest BCUT2D eigenvalue weighted by Gasteiger charge is 2.49. The van der Waals surface area contributed by atoms with Crippen LogP contribution in [0.4, 0.5) is 0 Å². The zero-order chi connectivity index (χ0) is 23.4. The molecule has 1 aromatic heterocycles. The zero-order valence-electron chi connectivity index (χ0n) is 19.8. The third kappa shape index (κ3) is 5.60. The molecule has 0 spiro atoms. The maximum absolute atomic E-state index is 12.7. The minimum atomic E-state index is -0.701. The number of nitrogens with one attached hydrogen (secondary N) is 3. The quantitative estimate of drug-likeness (QED) is 0.319. The first kappa shape index (κ1) is 23.8. The molecule has 1 amide bonds. The third-order valence-electron chi connectivity index (χ3n) is 8.12. The number of pyridine rings is 1. The Morgan fingerprint density at radius 2 is 2.00 bits per heavy atom. The van der Waals surface area contributed by atoms with Gasteiger partial charge in [-0.3, -0.25) is 15.4 Å². The largest absolute Gasteiger partial charge is 0.371 e. The highest BCUT2D eigenvalue weighted by molar-refractivity contribution is 5.93. The van der Waals surface area contributed by atoms with Crippen molar-refractivity contribution in [3.05, 3.63) is 30.1 Å². The van der Waals surface area contributed by atoms with Crippen LogP contribution in [0.25, 0.3) is 0 Å². The Hall–Kier alpha value is -2.35. The number of nitrogens with zero attached hydrogens (tertiary/aromatic N) is 2. The number of aromatic nitrogens is 1. The predicted molar refractivity (Wildman–Crippen MR) is 125 cm³/mol. The van der Waals surface area contributed by atoms with Gasteiger partial charge in [-0.1, -0.05) is 44.9 Å². The van der Waals surface area contributed by atoms with Crippen molar-refractivity contribution in [3.8, 4) is 0 Å². The summed E-state index contributed by atoms with van der Waals surface area (Å²) in [5, 5.41) is 35.6. The molecule has 0 radical (unpaired) electrons. The van der Waals surface area contributed by atoms with Crippen LogP contribution in [-0.4, -0.2) is 51.9 Å². The lowest BCUT2D eigenvalue weighted by molar-refractivity contribution is -0.904. The SMILES string of the molecule is CN1C(=N)N[C@](CCC2CCCCC2)(C[C@H]2CCC[C@@H](NC(=O)c3ccc[n+](O)c3)C2)C1O. The highest BCUT2D eigenvalue weighted by Crippen LogP contribution is 2.40. The fraction of sp³-hybridized carbons (Fsp3) is 0.720. The maximum atomic E-state index is 12.7. The van der Waals surface area contributed by atoms with E-state index in [2.05, 4.69) is 10.6 Å². The number of aliphatic hydroxyl groups excluding tert-OH is 1. The summed E-state index contributed by atoms with van der Waals surface area (Å²) < 4.78 is 0.896. The van der Waals surface area contributed by atoms with E-state index in [0.717, 1.165) is 55.6 Å². The first-order chi connectivity index (χ1) is 15.9. The van der Waals surface area contributed by atoms with Crippen molar-refractivity contribution in [2.45, 2.75) is 94.9 Å². The highest BCUT2D eigenvalue weighted by atomic mass is 16.5. The van der Waals surface area contributed by atoms with Crippen LogP contribution in [0.2, 0.25) is 0 Å². The fourth-order valence-electron chi connectivity index (χ4n) is 6.26. The molecule has 2 aliphatic carbocycles. The summed E-state index contributed by atoms with van der Waals surface area (Å²) in [6.45, 7) is 0. The molecule has 5 N–H and O–H groups in total. The van der Waals surface area contributed by atoms with Gasteiger partial charge in [0.15, 0.2) is 12.2 Å². The van der Waals surface area contributed by atoms with Gasteiger partial charge in [0.1, 0.15) is 5.56 Å². The van der Waals surface area contributed by atoms with E-state index in [1.165, 1.54) is 44.5 Å². The number of aliphatic hydroxyl groups is 1. The molecule has 4 rings (SSSR count). The van der Waals surface area contributed by atoms with Crippen molar-refractivity contribution in [1.29, 1.82) is 5.41 Å². The van der Waals surface area contributed by atoms with E-state index in [-0.39, 0.29) is 11.9 Å². The van der Waals surface area contributed by atoms with Crippen LogP contribution in [0.1, 0.15) is 87.4 Å². The topological polar surface area (TPSA) is 113 Å². The number of rotatable bonds is 7. The van der Waals surface area contributed by atoms with E-state index in [1.807, 2.05) is 0 Å². The minimum Gasteiger partial charge on any atom is -0.371 e. The molecule has 3 fully saturated rings. The van der Waals surface area contributed by atoms with E-state index in [1.54, 1.807) is 24.1 Å². The smallest absolute Gasteiger partial charge is 0.257 e. The molecular formula is C25H40N5O3+. The van der Waals surface area contributed by atoms with Gasteiger partial charge in [0, 0.05) is 23.9 Å². The number of likely N-dealkylation sites (N-methyl/N-ethyl adjacent to an activating group) is 1. The van der Waals surface area contributed by atoms with Gasteiger partial charge in [0.25, 0.3) is 5.91 Å². The van der Waals surface area contributed by atoms with Crippen molar-refractivity contribution in [2.24, 2.45) is 11.8 Å². The summed E-state index contributed by atoms with van der Waals surface area (Å²) in [5.74, 6) is 1.23. The van der Waals surface area contributed by atoms with Gasteiger partial charge >= 0.3 is 0 Å². The number of hydrogen-bond acceptors (Lipinski definition) is 4. The average molecular weight is 459 g/mol. The number of carbonyl (C=O) groups excluding carboxylic acids is 1. The molecule has 8 nitrogen and oxygen atoms in total. The molecule has 2 saturated carbocycles. The molecule has 182 valence electrons. The van der Waals surface area contributed by atoms with Crippen molar-refractivity contribution in [2.75, 3.05) is 7.05 Å². The molecule has 1 aromatic rings. The Kier molecular flexibility index (Phi) is 7.41. The van der Waals surface area contributed by atoms with Crippen LogP contribution >= 0.6 is 0 Å². The molecule has 3 aliphatic rings. The molecule has 4 atom stereocenters. The number of hydrogen-bond donors (Lipinski definition) is 5. The predicted octanol–water partition coefficient (Wildman–Crippen LogP) is 2.78. The summed E-state index contributed by atoms with van der Waals surface area (Å²) in [6.07, 6.45) is 15.4. The first-order valence-corrected chi connectivity index (χ1v) is 12.7. The van der Waals surface area contributed by atoms with E-state index < -0.39 is 11.8 Å². The van der Waals surface area contributed by atoms with E-state index in [4.69, 9.17) is 5.41 Å². The van der Waals surface area contributed by atoms with Crippen LogP contribution < -0.4 is 15.4 Å². The molecule has 1 aliphatic heterocycles. The lowest BCUT2D eigenvalue weighted by Crippen LogP contribution is -2.52. The average Bonchev–Trinajstić information content (AvgIpc) is 3.02. The molecule has 0 bridgehead atoms. The summed E-state index contributed by atoms with van der Waals surface area (Å²) in [6, 6.07) is 3.42. The Balaban J connectivity index is 1.40. The minimum absolute atomic E-state index is 0.0784. The maximum Gasteiger partial charge on any atom is 0.257 e. The lowest BCUT2D eigenvalue weighted by atomic mass is 9.73. The van der Waals surface area contributed by atoms with Gasteiger partial charge in [-0.25, -0.2) is 0 Å². The van der Waals surface area contributed by atoms with Crippen molar-refractivity contribution >= 4 is 11.9 Å². The Bertz CT molecular complexity index is 843. The van der Waals surface area contributed by atoms with Crippen molar-refractivity contribution in [1.82, 2.24) is 15.5 Å². The van der Waals surface area contributed by atoms with E-state index in [0.29, 0.717) is 17.4 Å². The van der Waals surface area contributed by atoms with Crippen molar-refractivity contribution < 1.29 is 19.8 Å². The Labute approximate surface area is 196 Å². The van der Waals surface area contributed by atoms with Crippen LogP contribution in [0.3, 0.4) is 0 Å². The van der Waals surface area contributed by atoms with Crippen LogP contribution in [-0.2, 0) is 0 Å². The zero-order valence-corrected chi connectivity index (χ0v) is 19.8. The standard InChI is InChI=1S/C25H39N5O3/c1-29-23(32)25(28-24(29)26,13-12-18-7-3-2-4-8-18)16-19-9-5-11-21(15-19)27-22(31)20-10-6-14-30(33)17-20/h6,10,14,17-19,21,23,32H,2-5,7-9,11-13,15-16H2,1H3,(H3-,26,27,28,31,33)/p+1/t19-,21+,23?,25+/m0/s1. The van der Waals surface area contributed by atoms with Crippen LogP contribution in [0.5, 0.6) is 0 Å². The number of carbonyl (C=O) groups is 1. The second-order valence-corrected chi connectivity index (χ2v) is 10.5. The molecule has 0 aromatic carbocycles. The van der Waals surface area contributed by atoms with Crippen LogP contribution in [0, 0.1) is 17.2 Å². The lowest BCUT2D eigenvalue weighted by Gasteiger charge is -2.40. The molecule has 1 saturated heterocycles. The Morgan fingerprint density at radius 1 is 1.24 bits per heavy atom. The second-order valence-electron chi connectivity index (χ2n) is 10.5. The summed E-state index contributed by atoms with van der Waals surface area (Å²) in [7, 11) is 1.79. The third-order valence-corrected chi connectivity index (χ3v) is 8.12. The summed E-state index contributed by atoms with van der Waals surface area (Å²) in [4.78, 5) is 14.3. The van der Waals surface area contributed by atoms with Crippen molar-refractivity contribution in [3.63, 3.8) is 0 Å². The fourth-order valence-corrected chi connectivity index (χ4v) is 6.26. The van der Waals surface area contributed by atoms with Gasteiger partial charge in [-0.15, -0.1) is 0 Å². The second kappa shape index (κ2) is 10.3. The van der Waals surface area contributed by atoms with E-state index >= 15 is 0 Å². The number of guanidine groups is 1. The summed E-state index contributed by atoms with van der Waals surface area (Å²) >= 11 is 0. The van der Waals surface area contributed by atoms with Gasteiger partial charge in [0.05, 0.1) is 5.54 Å². The van der Waals surface area contributed by atoms with Crippen LogP contribution in [0.15, 0.2) is 24.5 Å². The first-order valence-electron chi connectivity index (χ1n) is 12.7. The summed E-state index contributed by atoms with van der Waals surface area (Å²) in [5.41, 5.74) is -0.0594. The van der Waals surface area contributed by atoms with Gasteiger partial charge in [0.2, 0.25) is 12.4 Å². The molecule has 1 unspecified atom stereocenters. The molecular weight excluding hydrogens is 418 g/mol. The monoisotopic (exact) mass is 458 g/mol. The number of amides is 1. The van der Waals surface area contributed by atoms with Gasteiger partial charge in [-0.2, -0.15) is 0 Å². The Morgan fingerprint density at radius 3 is 2.70 bits per heavy atom. The molecule has 8 heteroatoms.